The van der Waals surface area contributed by atoms with Crippen molar-refractivity contribution in [2.45, 2.75) is 45.8 Å². The predicted molar refractivity (Wildman–Crippen MR) is 114 cm³/mol. The number of amides is 2. The molecule has 6 nitrogen and oxygen atoms in total. The third-order valence-electron chi connectivity index (χ3n) is 3.76. The van der Waals surface area contributed by atoms with E-state index in [0.29, 0.717) is 14.8 Å². The Morgan fingerprint density at radius 1 is 1.31 bits per heavy atom. The molecule has 1 heterocycles. The summed E-state index contributed by atoms with van der Waals surface area (Å²) in [6.45, 7) is 7.03. The van der Waals surface area contributed by atoms with Crippen LogP contribution in [0.15, 0.2) is 29.2 Å². The second-order valence-electron chi connectivity index (χ2n) is 7.51. The summed E-state index contributed by atoms with van der Waals surface area (Å²) >= 11 is 6.34. The zero-order chi connectivity index (χ0) is 21.8. The van der Waals surface area contributed by atoms with Crippen molar-refractivity contribution in [2.24, 2.45) is 0 Å². The van der Waals surface area contributed by atoms with Crippen LogP contribution in [0.5, 0.6) is 0 Å². The van der Waals surface area contributed by atoms with Crippen LogP contribution in [0, 0.1) is 5.82 Å². The molecule has 1 fully saturated rings. The van der Waals surface area contributed by atoms with E-state index in [1.165, 1.54) is 24.0 Å². The number of esters is 1. The molecular weight excluding hydrogens is 415 g/mol. The van der Waals surface area contributed by atoms with Crippen LogP contribution < -0.4 is 5.32 Å². The number of benzene rings is 1. The van der Waals surface area contributed by atoms with E-state index >= 15 is 0 Å². The van der Waals surface area contributed by atoms with Gasteiger partial charge in [-0.2, -0.15) is 0 Å². The number of carbonyl (C=O) groups excluding carboxylic acids is 3. The van der Waals surface area contributed by atoms with Crippen molar-refractivity contribution in [1.29, 1.82) is 0 Å². The maximum atomic E-state index is 13.0. The second-order valence-corrected chi connectivity index (χ2v) is 9.18. The van der Waals surface area contributed by atoms with Crippen molar-refractivity contribution in [2.75, 3.05) is 6.54 Å². The summed E-state index contributed by atoms with van der Waals surface area (Å²) in [4.78, 5) is 38.3. The molecule has 1 saturated heterocycles. The van der Waals surface area contributed by atoms with E-state index in [4.69, 9.17) is 17.0 Å². The molecule has 0 aliphatic carbocycles. The van der Waals surface area contributed by atoms with Crippen molar-refractivity contribution < 1.29 is 23.5 Å². The van der Waals surface area contributed by atoms with Gasteiger partial charge in [0, 0.05) is 12.1 Å². The van der Waals surface area contributed by atoms with Crippen molar-refractivity contribution in [3.05, 3.63) is 40.6 Å². The lowest BCUT2D eigenvalue weighted by molar-refractivity contribution is -0.155. The average molecular weight is 439 g/mol. The molecule has 1 N–H and O–H groups in total. The molecule has 2 rings (SSSR count). The van der Waals surface area contributed by atoms with Crippen LogP contribution >= 0.6 is 24.0 Å². The maximum absolute atomic E-state index is 13.0. The Hall–Kier alpha value is -2.26. The zero-order valence-corrected chi connectivity index (χ0v) is 18.3. The Labute approximate surface area is 178 Å². The third kappa shape index (κ3) is 6.93. The van der Waals surface area contributed by atoms with Gasteiger partial charge in [0.25, 0.3) is 11.8 Å². The third-order valence-corrected chi connectivity index (χ3v) is 5.13. The van der Waals surface area contributed by atoms with Gasteiger partial charge in [-0.1, -0.05) is 36.1 Å². The van der Waals surface area contributed by atoms with E-state index < -0.39 is 23.5 Å². The first-order valence-corrected chi connectivity index (χ1v) is 10.2. The van der Waals surface area contributed by atoms with Crippen molar-refractivity contribution in [3.63, 3.8) is 0 Å². The molecule has 0 radical (unpaired) electrons. The van der Waals surface area contributed by atoms with E-state index in [9.17, 15) is 18.8 Å². The Morgan fingerprint density at radius 3 is 2.52 bits per heavy atom. The number of halogens is 1. The standard InChI is InChI=1S/C20H23FN2O4S2/c1-12(17(25)22-20(2,3)4)27-16(24)9-10-23-18(26)15(29-19(23)28)11-13-5-7-14(21)8-6-13/h5-8,11-12H,9-10H2,1-4H3,(H,22,25)/b15-11+. The largest absolute Gasteiger partial charge is 0.452 e. The van der Waals surface area contributed by atoms with Crippen LogP contribution in [0.2, 0.25) is 0 Å². The van der Waals surface area contributed by atoms with Gasteiger partial charge in [0.2, 0.25) is 0 Å². The molecule has 1 aliphatic heterocycles. The SMILES string of the molecule is CC(OC(=O)CCN1C(=O)/C(=C\c2ccc(F)cc2)SC1=S)C(=O)NC(C)(C)C. The lowest BCUT2D eigenvalue weighted by Gasteiger charge is -2.23. The maximum Gasteiger partial charge on any atom is 0.308 e. The van der Waals surface area contributed by atoms with Crippen LogP contribution in [0.1, 0.15) is 39.7 Å². The fourth-order valence-corrected chi connectivity index (χ4v) is 3.70. The minimum atomic E-state index is -0.939. The number of thiocarbonyl (C=S) groups is 1. The highest BCUT2D eigenvalue weighted by Gasteiger charge is 2.32. The first kappa shape index (κ1) is 23.0. The van der Waals surface area contributed by atoms with Crippen LogP contribution in [0.4, 0.5) is 4.39 Å². The highest BCUT2D eigenvalue weighted by atomic mass is 32.2. The number of rotatable bonds is 6. The summed E-state index contributed by atoms with van der Waals surface area (Å²) in [5.74, 6) is -1.67. The minimum Gasteiger partial charge on any atom is -0.452 e. The highest BCUT2D eigenvalue weighted by molar-refractivity contribution is 8.26. The van der Waals surface area contributed by atoms with E-state index in [1.807, 2.05) is 20.8 Å². The Balaban J connectivity index is 1.91. The Kier molecular flexibility index (Phi) is 7.54. The van der Waals surface area contributed by atoms with Crippen LogP contribution in [-0.2, 0) is 19.1 Å². The zero-order valence-electron chi connectivity index (χ0n) is 16.7. The van der Waals surface area contributed by atoms with Crippen molar-refractivity contribution in [3.8, 4) is 0 Å². The van der Waals surface area contributed by atoms with Crippen LogP contribution in [-0.4, -0.2) is 45.2 Å². The number of hydrogen-bond acceptors (Lipinski definition) is 6. The monoisotopic (exact) mass is 438 g/mol. The van der Waals surface area contributed by atoms with Gasteiger partial charge in [0.05, 0.1) is 11.3 Å². The van der Waals surface area contributed by atoms with Gasteiger partial charge in [0.1, 0.15) is 10.1 Å². The number of hydrogen-bond donors (Lipinski definition) is 1. The topological polar surface area (TPSA) is 75.7 Å². The minimum absolute atomic E-state index is 0.0534. The molecule has 1 unspecified atom stereocenters. The second kappa shape index (κ2) is 9.49. The molecule has 29 heavy (non-hydrogen) atoms. The van der Waals surface area contributed by atoms with E-state index in [0.717, 1.165) is 11.8 Å². The molecule has 2 amide bonds. The number of nitrogens with zero attached hydrogens (tertiary/aromatic N) is 1. The number of thioether (sulfide) groups is 1. The number of nitrogens with one attached hydrogen (secondary N) is 1. The van der Waals surface area contributed by atoms with Gasteiger partial charge in [0.15, 0.2) is 6.10 Å². The molecular formula is C20H23FN2O4S2. The first-order valence-electron chi connectivity index (χ1n) is 8.99. The fourth-order valence-electron chi connectivity index (χ4n) is 2.39. The molecule has 156 valence electrons. The van der Waals surface area contributed by atoms with E-state index in [2.05, 4.69) is 5.32 Å². The molecule has 1 atom stereocenters. The summed E-state index contributed by atoms with van der Waals surface area (Å²) in [6.07, 6.45) is 0.589. The molecule has 0 aromatic heterocycles. The van der Waals surface area contributed by atoms with Crippen molar-refractivity contribution in [1.82, 2.24) is 10.2 Å². The molecule has 1 aromatic rings. The molecule has 1 aromatic carbocycles. The van der Waals surface area contributed by atoms with E-state index in [1.54, 1.807) is 18.2 Å². The predicted octanol–water partition coefficient (Wildman–Crippen LogP) is 3.26. The smallest absolute Gasteiger partial charge is 0.308 e. The van der Waals surface area contributed by atoms with Gasteiger partial charge in [-0.05, 0) is 51.5 Å². The highest BCUT2D eigenvalue weighted by Crippen LogP contribution is 2.32. The molecule has 1 aliphatic rings. The van der Waals surface area contributed by atoms with Crippen LogP contribution in [0.25, 0.3) is 6.08 Å². The van der Waals surface area contributed by atoms with Gasteiger partial charge in [-0.15, -0.1) is 0 Å². The fraction of sp³-hybridized carbons (Fsp3) is 0.400. The lowest BCUT2D eigenvalue weighted by atomic mass is 10.1. The summed E-state index contributed by atoms with van der Waals surface area (Å²) in [7, 11) is 0. The number of carbonyl (C=O) groups is 3. The Bertz CT molecular complexity index is 847. The van der Waals surface area contributed by atoms with Gasteiger partial charge in [-0.25, -0.2) is 4.39 Å². The van der Waals surface area contributed by atoms with Crippen molar-refractivity contribution >= 4 is 52.2 Å². The lowest BCUT2D eigenvalue weighted by Crippen LogP contribution is -2.46. The summed E-state index contributed by atoms with van der Waals surface area (Å²) in [6, 6.07) is 5.73. The molecule has 9 heteroatoms. The number of ether oxygens (including phenoxy) is 1. The quantitative estimate of drug-likeness (QED) is 0.417. The van der Waals surface area contributed by atoms with Gasteiger partial charge >= 0.3 is 5.97 Å². The summed E-state index contributed by atoms with van der Waals surface area (Å²) in [5.41, 5.74) is 0.237. The summed E-state index contributed by atoms with van der Waals surface area (Å²) < 4.78 is 18.5. The Morgan fingerprint density at radius 2 is 1.93 bits per heavy atom. The summed E-state index contributed by atoms with van der Waals surface area (Å²) in [5, 5.41) is 2.73. The van der Waals surface area contributed by atoms with Gasteiger partial charge < -0.3 is 10.1 Å². The molecule has 0 saturated carbocycles. The molecule has 0 bridgehead atoms. The van der Waals surface area contributed by atoms with Gasteiger partial charge in [-0.3, -0.25) is 19.3 Å². The normalized spacial score (nSPS) is 16.9. The van der Waals surface area contributed by atoms with E-state index in [-0.39, 0.29) is 24.7 Å². The molecule has 0 spiro atoms. The average Bonchev–Trinajstić information content (AvgIpc) is 2.87. The van der Waals surface area contributed by atoms with Crippen LogP contribution in [0.3, 0.4) is 0 Å². The first-order chi connectivity index (χ1) is 13.5.